The molecule has 2 aliphatic heterocycles. The maximum Gasteiger partial charge on any atom is 0.310 e. The summed E-state index contributed by atoms with van der Waals surface area (Å²) in [5.74, 6) is -0.631. The predicted molar refractivity (Wildman–Crippen MR) is 52.7 cm³/mol. The standard InChI is InChI=1S/C10H14N2O3/c1-5-8-6(10(14)15-3)4-7(12(8)2)9(13)11-5/h6-8H,1,4H2,2-3H3,(H,11,13)/t6-,7+,8+/m0/s1. The monoisotopic (exact) mass is 210 g/mol. The van der Waals surface area contributed by atoms with Crippen LogP contribution in [0.5, 0.6) is 0 Å². The Bertz CT molecular complexity index is 340. The highest BCUT2D eigenvalue weighted by Crippen LogP contribution is 2.35. The van der Waals surface area contributed by atoms with Crippen molar-refractivity contribution in [2.24, 2.45) is 5.92 Å². The van der Waals surface area contributed by atoms with E-state index in [0.717, 1.165) is 0 Å². The quantitative estimate of drug-likeness (QED) is 0.592. The zero-order valence-corrected chi connectivity index (χ0v) is 8.82. The second kappa shape index (κ2) is 3.34. The first-order valence-electron chi connectivity index (χ1n) is 4.85. The normalized spacial score (nSPS) is 35.2. The Balaban J connectivity index is 2.30. The summed E-state index contributed by atoms with van der Waals surface area (Å²) in [5.41, 5.74) is 0.589. The molecule has 1 amide bonds. The fraction of sp³-hybridized carbons (Fsp3) is 0.600. The van der Waals surface area contributed by atoms with E-state index in [9.17, 15) is 9.59 Å². The zero-order chi connectivity index (χ0) is 11.2. The first-order chi connectivity index (χ1) is 7.06. The molecule has 0 saturated carbocycles. The average Bonchev–Trinajstić information content (AvgIpc) is 2.46. The van der Waals surface area contributed by atoms with Crippen molar-refractivity contribution in [3.63, 3.8) is 0 Å². The van der Waals surface area contributed by atoms with E-state index in [1.807, 2.05) is 11.9 Å². The fourth-order valence-corrected chi connectivity index (χ4v) is 2.49. The Morgan fingerprint density at radius 1 is 1.67 bits per heavy atom. The van der Waals surface area contributed by atoms with Crippen LogP contribution in [0.1, 0.15) is 6.42 Å². The molecule has 0 unspecified atom stereocenters. The number of amides is 1. The summed E-state index contributed by atoms with van der Waals surface area (Å²) in [6, 6.07) is -0.357. The van der Waals surface area contributed by atoms with Gasteiger partial charge in [-0.25, -0.2) is 0 Å². The molecular formula is C10H14N2O3. The molecule has 5 nitrogen and oxygen atoms in total. The number of piperazine rings is 1. The maximum absolute atomic E-state index is 11.6. The number of ether oxygens (including phenoxy) is 1. The van der Waals surface area contributed by atoms with E-state index in [-0.39, 0.29) is 29.9 Å². The third-order valence-electron chi connectivity index (χ3n) is 3.24. The largest absolute Gasteiger partial charge is 0.469 e. The number of fused-ring (bicyclic) bond motifs is 2. The number of rotatable bonds is 1. The van der Waals surface area contributed by atoms with Gasteiger partial charge >= 0.3 is 5.97 Å². The van der Waals surface area contributed by atoms with Crippen LogP contribution in [-0.4, -0.2) is 43.0 Å². The molecule has 2 heterocycles. The minimum absolute atomic E-state index is 0.0786. The predicted octanol–water partition coefficient (Wildman–Crippen LogP) is -0.508. The van der Waals surface area contributed by atoms with Crippen LogP contribution in [0.15, 0.2) is 12.3 Å². The molecular weight excluding hydrogens is 196 g/mol. The first kappa shape index (κ1) is 10.2. The van der Waals surface area contributed by atoms with Crippen LogP contribution >= 0.6 is 0 Å². The highest BCUT2D eigenvalue weighted by Gasteiger charge is 2.51. The molecule has 0 aromatic rings. The summed E-state index contributed by atoms with van der Waals surface area (Å²) in [6.07, 6.45) is 0.513. The number of carbonyl (C=O) groups excluding carboxylic acids is 2. The summed E-state index contributed by atoms with van der Waals surface area (Å²) in [4.78, 5) is 25.0. The third kappa shape index (κ3) is 1.34. The number of esters is 1. The second-order valence-corrected chi connectivity index (χ2v) is 4.01. The van der Waals surface area contributed by atoms with Crippen LogP contribution < -0.4 is 5.32 Å². The molecule has 2 fully saturated rings. The summed E-state index contributed by atoms with van der Waals surface area (Å²) in [6.45, 7) is 3.78. The van der Waals surface area contributed by atoms with Gasteiger partial charge in [-0.1, -0.05) is 6.58 Å². The smallest absolute Gasteiger partial charge is 0.310 e. The van der Waals surface area contributed by atoms with Crippen LogP contribution in [0.25, 0.3) is 0 Å². The van der Waals surface area contributed by atoms with E-state index in [4.69, 9.17) is 4.74 Å². The van der Waals surface area contributed by atoms with Gasteiger partial charge in [0.2, 0.25) is 5.91 Å². The van der Waals surface area contributed by atoms with Gasteiger partial charge < -0.3 is 10.1 Å². The van der Waals surface area contributed by atoms with Crippen molar-refractivity contribution in [2.45, 2.75) is 18.5 Å². The van der Waals surface area contributed by atoms with E-state index in [0.29, 0.717) is 12.1 Å². The molecule has 0 aromatic carbocycles. The van der Waals surface area contributed by atoms with Crippen LogP contribution in [0.2, 0.25) is 0 Å². The Hall–Kier alpha value is -1.36. The van der Waals surface area contributed by atoms with Crippen LogP contribution in [-0.2, 0) is 14.3 Å². The molecule has 2 rings (SSSR count). The minimum atomic E-state index is -0.281. The highest BCUT2D eigenvalue weighted by atomic mass is 16.5. The first-order valence-corrected chi connectivity index (χ1v) is 4.85. The number of nitrogens with zero attached hydrogens (tertiary/aromatic N) is 1. The molecule has 15 heavy (non-hydrogen) atoms. The third-order valence-corrected chi connectivity index (χ3v) is 3.24. The molecule has 2 aliphatic rings. The number of carbonyl (C=O) groups is 2. The second-order valence-electron chi connectivity index (χ2n) is 4.01. The van der Waals surface area contributed by atoms with Gasteiger partial charge in [0.1, 0.15) is 0 Å². The molecule has 0 spiro atoms. The van der Waals surface area contributed by atoms with E-state index in [1.165, 1.54) is 7.11 Å². The van der Waals surface area contributed by atoms with Crippen molar-refractivity contribution >= 4 is 11.9 Å². The van der Waals surface area contributed by atoms with Crippen LogP contribution in [0.4, 0.5) is 0 Å². The molecule has 0 aromatic heterocycles. The van der Waals surface area contributed by atoms with Crippen molar-refractivity contribution in [1.82, 2.24) is 10.2 Å². The summed E-state index contributed by atoms with van der Waals surface area (Å²) < 4.78 is 4.73. The SMILES string of the molecule is C=C1NC(=O)[C@H]2C[C@H](C(=O)OC)[C@@H]1N2C. The van der Waals surface area contributed by atoms with Gasteiger partial charge in [0.05, 0.1) is 25.1 Å². The summed E-state index contributed by atoms with van der Waals surface area (Å²) in [5, 5.41) is 2.70. The van der Waals surface area contributed by atoms with E-state index in [2.05, 4.69) is 11.9 Å². The lowest BCUT2D eigenvalue weighted by molar-refractivity contribution is -0.145. The lowest BCUT2D eigenvalue weighted by Crippen LogP contribution is -2.52. The van der Waals surface area contributed by atoms with Gasteiger partial charge in [-0.2, -0.15) is 0 Å². The van der Waals surface area contributed by atoms with Gasteiger partial charge in [-0.05, 0) is 13.5 Å². The lowest BCUT2D eigenvalue weighted by Gasteiger charge is -2.33. The van der Waals surface area contributed by atoms with Crippen LogP contribution in [0, 0.1) is 5.92 Å². The van der Waals surface area contributed by atoms with Crippen LogP contribution in [0.3, 0.4) is 0 Å². The number of likely N-dealkylation sites (N-methyl/N-ethyl adjacent to an activating group) is 1. The van der Waals surface area contributed by atoms with Gasteiger partial charge in [0.25, 0.3) is 0 Å². The molecule has 3 atom stereocenters. The topological polar surface area (TPSA) is 58.6 Å². The van der Waals surface area contributed by atoms with Gasteiger partial charge in [0, 0.05) is 5.70 Å². The zero-order valence-electron chi connectivity index (χ0n) is 8.82. The highest BCUT2D eigenvalue weighted by molar-refractivity contribution is 5.88. The van der Waals surface area contributed by atoms with E-state index in [1.54, 1.807) is 0 Å². The Labute approximate surface area is 88.1 Å². The van der Waals surface area contributed by atoms with Gasteiger partial charge in [-0.3, -0.25) is 14.5 Å². The minimum Gasteiger partial charge on any atom is -0.469 e. The molecule has 1 N–H and O–H groups in total. The molecule has 0 radical (unpaired) electrons. The van der Waals surface area contributed by atoms with E-state index < -0.39 is 0 Å². The Morgan fingerprint density at radius 2 is 2.33 bits per heavy atom. The van der Waals surface area contributed by atoms with Gasteiger partial charge in [-0.15, -0.1) is 0 Å². The molecule has 2 bridgehead atoms. The Kier molecular flexibility index (Phi) is 2.26. The maximum atomic E-state index is 11.6. The fourth-order valence-electron chi connectivity index (χ4n) is 2.49. The van der Waals surface area contributed by atoms with Gasteiger partial charge in [0.15, 0.2) is 0 Å². The number of hydrogen-bond acceptors (Lipinski definition) is 4. The van der Waals surface area contributed by atoms with E-state index >= 15 is 0 Å². The number of hydrogen-bond donors (Lipinski definition) is 1. The molecule has 82 valence electrons. The number of nitrogens with one attached hydrogen (secondary N) is 1. The molecule has 0 aliphatic carbocycles. The summed E-state index contributed by atoms with van der Waals surface area (Å²) in [7, 11) is 3.20. The van der Waals surface area contributed by atoms with Crippen molar-refractivity contribution in [1.29, 1.82) is 0 Å². The van der Waals surface area contributed by atoms with Crippen molar-refractivity contribution in [3.05, 3.63) is 12.3 Å². The van der Waals surface area contributed by atoms with Crippen molar-refractivity contribution in [2.75, 3.05) is 14.2 Å². The summed E-state index contributed by atoms with van der Waals surface area (Å²) >= 11 is 0. The van der Waals surface area contributed by atoms with Crippen molar-refractivity contribution < 1.29 is 14.3 Å². The Morgan fingerprint density at radius 3 is 2.93 bits per heavy atom. The number of methoxy groups -OCH3 is 1. The molecule has 5 heteroatoms. The van der Waals surface area contributed by atoms with Crippen molar-refractivity contribution in [3.8, 4) is 0 Å². The average molecular weight is 210 g/mol. The molecule has 2 saturated heterocycles. The lowest BCUT2D eigenvalue weighted by atomic mass is 9.98.